The third-order valence-electron chi connectivity index (χ3n) is 0.985. The number of hydrogen-bond donors (Lipinski definition) is 3. The number of carboxylic acid groups (broad SMARTS) is 2. The lowest BCUT2D eigenvalue weighted by molar-refractivity contribution is -0.159. The standard InChI is InChI=1S/C4H7NO2.C2H2O4/c6-4-3-7-2-1-5-4;3-1(4)2(5)6/h1-3H2,(H,5,6);(H,3,4)(H,5,6). The predicted molar refractivity (Wildman–Crippen MR) is 39.1 cm³/mol. The molecule has 3 N–H and O–H groups in total. The predicted octanol–water partition coefficient (Wildman–Crippen LogP) is -1.71. The summed E-state index contributed by atoms with van der Waals surface area (Å²) in [7, 11) is 0. The number of hydrogen-bond acceptors (Lipinski definition) is 4. The molecule has 1 rings (SSSR count). The van der Waals surface area contributed by atoms with Gasteiger partial charge >= 0.3 is 11.9 Å². The third-order valence-corrected chi connectivity index (χ3v) is 0.985. The first kappa shape index (κ1) is 11.4. The Morgan fingerprint density at radius 3 is 2.00 bits per heavy atom. The summed E-state index contributed by atoms with van der Waals surface area (Å²) in [5.41, 5.74) is 0. The van der Waals surface area contributed by atoms with Crippen LogP contribution in [0, 0.1) is 0 Å². The van der Waals surface area contributed by atoms with Crippen molar-refractivity contribution in [1.82, 2.24) is 5.32 Å². The zero-order chi connectivity index (χ0) is 10.3. The topological polar surface area (TPSA) is 113 Å². The Morgan fingerprint density at radius 2 is 1.85 bits per heavy atom. The van der Waals surface area contributed by atoms with Gasteiger partial charge in [0, 0.05) is 6.54 Å². The molecule has 1 fully saturated rings. The SMILES string of the molecule is O=C(O)C(=O)O.O=C1COCCN1. The molecule has 0 bridgehead atoms. The van der Waals surface area contributed by atoms with E-state index in [1.54, 1.807) is 0 Å². The summed E-state index contributed by atoms with van der Waals surface area (Å²) in [4.78, 5) is 28.4. The van der Waals surface area contributed by atoms with Crippen molar-refractivity contribution in [2.24, 2.45) is 0 Å². The van der Waals surface area contributed by atoms with Crippen molar-refractivity contribution in [3.8, 4) is 0 Å². The van der Waals surface area contributed by atoms with E-state index in [9.17, 15) is 4.79 Å². The van der Waals surface area contributed by atoms with Crippen LogP contribution in [0.15, 0.2) is 0 Å². The highest BCUT2D eigenvalue weighted by Gasteiger charge is 2.04. The van der Waals surface area contributed by atoms with E-state index in [0.717, 1.165) is 0 Å². The van der Waals surface area contributed by atoms with Gasteiger partial charge in [-0.3, -0.25) is 4.79 Å². The summed E-state index contributed by atoms with van der Waals surface area (Å²) in [6.45, 7) is 1.56. The molecule has 1 heterocycles. The van der Waals surface area contributed by atoms with Crippen molar-refractivity contribution in [3.63, 3.8) is 0 Å². The minimum absolute atomic E-state index is 0.00810. The molecule has 0 saturated carbocycles. The molecule has 1 amide bonds. The van der Waals surface area contributed by atoms with Crippen LogP contribution in [-0.2, 0) is 19.1 Å². The Hall–Kier alpha value is -1.63. The van der Waals surface area contributed by atoms with Crippen LogP contribution in [0.3, 0.4) is 0 Å². The highest BCUT2D eigenvalue weighted by Crippen LogP contribution is 1.79. The number of amides is 1. The summed E-state index contributed by atoms with van der Waals surface area (Å²) >= 11 is 0. The van der Waals surface area contributed by atoms with Gasteiger partial charge < -0.3 is 20.3 Å². The number of nitrogens with one attached hydrogen (secondary N) is 1. The highest BCUT2D eigenvalue weighted by molar-refractivity contribution is 6.27. The summed E-state index contributed by atoms with van der Waals surface area (Å²) in [6.07, 6.45) is 0. The van der Waals surface area contributed by atoms with Crippen molar-refractivity contribution < 1.29 is 29.3 Å². The van der Waals surface area contributed by atoms with E-state index in [-0.39, 0.29) is 12.5 Å². The van der Waals surface area contributed by atoms with Crippen molar-refractivity contribution in [3.05, 3.63) is 0 Å². The number of aliphatic carboxylic acids is 2. The first-order valence-electron chi connectivity index (χ1n) is 3.34. The van der Waals surface area contributed by atoms with Gasteiger partial charge in [0.25, 0.3) is 0 Å². The molecular formula is C6H9NO6. The van der Waals surface area contributed by atoms with Crippen LogP contribution in [0.25, 0.3) is 0 Å². The van der Waals surface area contributed by atoms with Crippen molar-refractivity contribution >= 4 is 17.8 Å². The van der Waals surface area contributed by atoms with E-state index >= 15 is 0 Å². The first-order chi connectivity index (χ1) is 6.04. The van der Waals surface area contributed by atoms with Crippen LogP contribution in [0.2, 0.25) is 0 Å². The molecule has 7 heteroatoms. The van der Waals surface area contributed by atoms with Gasteiger partial charge in [0.1, 0.15) is 6.61 Å². The Labute approximate surface area is 73.3 Å². The fourth-order valence-corrected chi connectivity index (χ4v) is 0.479. The van der Waals surface area contributed by atoms with E-state index < -0.39 is 11.9 Å². The number of morpholine rings is 1. The molecule has 13 heavy (non-hydrogen) atoms. The Bertz CT molecular complexity index is 193. The van der Waals surface area contributed by atoms with Gasteiger partial charge in [-0.15, -0.1) is 0 Å². The van der Waals surface area contributed by atoms with Crippen molar-refractivity contribution in [2.75, 3.05) is 19.8 Å². The Kier molecular flexibility index (Phi) is 5.20. The van der Waals surface area contributed by atoms with Gasteiger partial charge in [-0.1, -0.05) is 0 Å². The Morgan fingerprint density at radius 1 is 1.31 bits per heavy atom. The lowest BCUT2D eigenvalue weighted by atomic mass is 10.5. The maximum Gasteiger partial charge on any atom is 0.414 e. The van der Waals surface area contributed by atoms with Crippen LogP contribution in [0.1, 0.15) is 0 Å². The summed E-state index contributed by atoms with van der Waals surface area (Å²) in [5.74, 6) is -3.66. The molecule has 0 radical (unpaired) electrons. The maximum atomic E-state index is 10.2. The second-order valence-corrected chi connectivity index (χ2v) is 2.01. The number of carbonyl (C=O) groups is 3. The molecule has 1 saturated heterocycles. The van der Waals surface area contributed by atoms with Crippen molar-refractivity contribution in [2.45, 2.75) is 0 Å². The average Bonchev–Trinajstić information content (AvgIpc) is 2.06. The fourth-order valence-electron chi connectivity index (χ4n) is 0.479. The molecule has 0 aromatic heterocycles. The number of rotatable bonds is 0. The lowest BCUT2D eigenvalue weighted by Crippen LogP contribution is -2.36. The molecule has 0 aromatic carbocycles. The van der Waals surface area contributed by atoms with Gasteiger partial charge in [-0.25, -0.2) is 9.59 Å². The molecular weight excluding hydrogens is 182 g/mol. The van der Waals surface area contributed by atoms with Crippen LogP contribution in [0.4, 0.5) is 0 Å². The van der Waals surface area contributed by atoms with Crippen LogP contribution >= 0.6 is 0 Å². The second kappa shape index (κ2) is 5.95. The van der Waals surface area contributed by atoms with Crippen LogP contribution in [0.5, 0.6) is 0 Å². The lowest BCUT2D eigenvalue weighted by Gasteiger charge is -2.10. The van der Waals surface area contributed by atoms with E-state index in [4.69, 9.17) is 24.5 Å². The van der Waals surface area contributed by atoms with Crippen molar-refractivity contribution in [1.29, 1.82) is 0 Å². The van der Waals surface area contributed by atoms with Gasteiger partial charge in [-0.2, -0.15) is 0 Å². The van der Waals surface area contributed by atoms with E-state index in [2.05, 4.69) is 5.32 Å². The first-order valence-corrected chi connectivity index (χ1v) is 3.34. The van der Waals surface area contributed by atoms with E-state index in [1.165, 1.54) is 0 Å². The van der Waals surface area contributed by atoms with E-state index in [0.29, 0.717) is 13.2 Å². The van der Waals surface area contributed by atoms with Gasteiger partial charge in [-0.05, 0) is 0 Å². The van der Waals surface area contributed by atoms with Crippen LogP contribution < -0.4 is 5.32 Å². The smallest absolute Gasteiger partial charge is 0.414 e. The zero-order valence-corrected chi connectivity index (χ0v) is 6.65. The summed E-state index contributed by atoms with van der Waals surface area (Å²) in [5, 5.41) is 17.4. The third kappa shape index (κ3) is 6.76. The van der Waals surface area contributed by atoms with Crippen LogP contribution in [-0.4, -0.2) is 47.8 Å². The zero-order valence-electron chi connectivity index (χ0n) is 6.65. The monoisotopic (exact) mass is 191 g/mol. The minimum atomic E-state index is -1.82. The molecule has 1 aliphatic rings. The summed E-state index contributed by atoms with van der Waals surface area (Å²) in [6, 6.07) is 0. The normalized spacial score (nSPS) is 14.9. The largest absolute Gasteiger partial charge is 0.473 e. The molecule has 0 spiro atoms. The molecule has 0 unspecified atom stereocenters. The highest BCUT2D eigenvalue weighted by atomic mass is 16.5. The molecule has 0 aromatic rings. The maximum absolute atomic E-state index is 10.2. The Balaban J connectivity index is 0.000000226. The number of ether oxygens (including phenoxy) is 1. The van der Waals surface area contributed by atoms with Gasteiger partial charge in [0.05, 0.1) is 6.61 Å². The molecule has 1 aliphatic heterocycles. The fraction of sp³-hybridized carbons (Fsp3) is 0.500. The second-order valence-electron chi connectivity index (χ2n) is 2.01. The number of carboxylic acids is 2. The molecule has 74 valence electrons. The molecule has 7 nitrogen and oxygen atoms in total. The number of carbonyl (C=O) groups excluding carboxylic acids is 1. The average molecular weight is 191 g/mol. The van der Waals surface area contributed by atoms with Gasteiger partial charge in [0.15, 0.2) is 0 Å². The van der Waals surface area contributed by atoms with Gasteiger partial charge in [0.2, 0.25) is 5.91 Å². The summed E-state index contributed by atoms with van der Waals surface area (Å²) < 4.78 is 4.77. The molecule has 0 atom stereocenters. The quantitative estimate of drug-likeness (QED) is 0.393. The van der Waals surface area contributed by atoms with E-state index in [1.807, 2.05) is 0 Å². The minimum Gasteiger partial charge on any atom is -0.473 e. The molecule has 0 aliphatic carbocycles.